The van der Waals surface area contributed by atoms with Gasteiger partial charge >= 0.3 is 0 Å². The van der Waals surface area contributed by atoms with Crippen molar-refractivity contribution in [1.29, 1.82) is 0 Å². The second-order valence-electron chi connectivity index (χ2n) is 10.7. The number of nitrogens with zero attached hydrogens (tertiary/aromatic N) is 3. The fraction of sp³-hybridized carbons (Fsp3) is 0.419. The maximum absolute atomic E-state index is 13.2. The van der Waals surface area contributed by atoms with E-state index in [1.807, 2.05) is 59.6 Å². The van der Waals surface area contributed by atoms with Gasteiger partial charge in [0, 0.05) is 50.4 Å². The summed E-state index contributed by atoms with van der Waals surface area (Å²) in [5.41, 5.74) is 3.08. The van der Waals surface area contributed by atoms with Crippen LogP contribution in [0.25, 0.3) is 11.1 Å². The molecule has 0 unspecified atom stereocenters. The van der Waals surface area contributed by atoms with Crippen LogP contribution in [0.3, 0.4) is 0 Å². The van der Waals surface area contributed by atoms with Crippen LogP contribution in [0.15, 0.2) is 77.7 Å². The molecular formula is C31H37N3O3. The zero-order valence-electron chi connectivity index (χ0n) is 21.7. The number of hydrogen-bond donors (Lipinski definition) is 1. The zero-order chi connectivity index (χ0) is 25.8. The number of aromatic nitrogens is 1. The number of carbonyl (C=O) groups is 1. The van der Waals surface area contributed by atoms with Gasteiger partial charge in [-0.1, -0.05) is 67.6 Å². The minimum Gasteiger partial charge on any atom is -0.388 e. The van der Waals surface area contributed by atoms with Crippen molar-refractivity contribution < 1.29 is 9.90 Å². The van der Waals surface area contributed by atoms with Crippen LogP contribution in [0.2, 0.25) is 0 Å². The van der Waals surface area contributed by atoms with Gasteiger partial charge in [0.25, 0.3) is 5.56 Å². The Morgan fingerprint density at radius 1 is 0.946 bits per heavy atom. The average molecular weight is 500 g/mol. The third-order valence-corrected chi connectivity index (χ3v) is 8.00. The fourth-order valence-electron chi connectivity index (χ4n) is 5.68. The molecule has 194 valence electrons. The monoisotopic (exact) mass is 499 g/mol. The number of pyridine rings is 1. The second kappa shape index (κ2) is 10.9. The maximum Gasteiger partial charge on any atom is 0.251 e. The zero-order valence-corrected chi connectivity index (χ0v) is 21.7. The van der Waals surface area contributed by atoms with Crippen LogP contribution in [0, 0.1) is 0 Å². The Labute approximate surface area is 219 Å². The fourth-order valence-corrected chi connectivity index (χ4v) is 5.68. The Kier molecular flexibility index (Phi) is 7.47. The lowest BCUT2D eigenvalue weighted by Crippen LogP contribution is -2.49. The highest BCUT2D eigenvalue weighted by molar-refractivity contribution is 5.78. The van der Waals surface area contributed by atoms with Crippen LogP contribution < -0.4 is 10.5 Å². The van der Waals surface area contributed by atoms with E-state index in [-0.39, 0.29) is 23.9 Å². The number of amides is 1. The van der Waals surface area contributed by atoms with Crippen molar-refractivity contribution >= 4 is 11.6 Å². The SMILES string of the molecule is C[C@H](CC(=O)N1CCC(O)(Cn2cc(N3CCCC3)c(-c3ccccc3)cc2=O)CC1)c1ccccc1. The van der Waals surface area contributed by atoms with E-state index in [9.17, 15) is 14.7 Å². The minimum atomic E-state index is -1.01. The Hall–Kier alpha value is -3.38. The van der Waals surface area contributed by atoms with Gasteiger partial charge in [-0.3, -0.25) is 9.59 Å². The van der Waals surface area contributed by atoms with Gasteiger partial charge in [-0.2, -0.15) is 0 Å². The molecule has 0 radical (unpaired) electrons. The van der Waals surface area contributed by atoms with Crippen LogP contribution >= 0.6 is 0 Å². The molecular weight excluding hydrogens is 462 g/mol. The Morgan fingerprint density at radius 3 is 2.22 bits per heavy atom. The number of benzene rings is 2. The number of anilines is 1. The molecule has 6 heteroatoms. The van der Waals surface area contributed by atoms with Gasteiger partial charge in [0.2, 0.25) is 5.91 Å². The van der Waals surface area contributed by atoms with Gasteiger partial charge < -0.3 is 19.5 Å². The normalized spacial score (nSPS) is 18.1. The first-order chi connectivity index (χ1) is 17.9. The molecule has 6 nitrogen and oxygen atoms in total. The molecule has 1 N–H and O–H groups in total. The largest absolute Gasteiger partial charge is 0.388 e. The van der Waals surface area contributed by atoms with E-state index in [4.69, 9.17) is 0 Å². The van der Waals surface area contributed by atoms with Gasteiger partial charge in [-0.25, -0.2) is 0 Å². The Balaban J connectivity index is 1.28. The summed E-state index contributed by atoms with van der Waals surface area (Å²) in [4.78, 5) is 30.4. The second-order valence-corrected chi connectivity index (χ2v) is 10.7. The van der Waals surface area contributed by atoms with E-state index < -0.39 is 5.60 Å². The molecule has 5 rings (SSSR count). The molecule has 37 heavy (non-hydrogen) atoms. The third-order valence-electron chi connectivity index (χ3n) is 8.00. The van der Waals surface area contributed by atoms with Crippen LogP contribution in [0.5, 0.6) is 0 Å². The van der Waals surface area contributed by atoms with Gasteiger partial charge in [-0.15, -0.1) is 0 Å². The number of rotatable bonds is 7. The van der Waals surface area contributed by atoms with Crippen LogP contribution in [-0.4, -0.2) is 52.3 Å². The standard InChI is InChI=1S/C31H37N3O3/c1-24(25-10-4-2-5-11-25)20-29(35)33-18-14-31(37,15-19-33)23-34-22-28(32-16-8-9-17-32)27(21-30(34)36)26-12-6-3-7-13-26/h2-7,10-13,21-22,24,37H,8-9,14-20,23H2,1H3/t24-/m1/s1. The van der Waals surface area contributed by atoms with E-state index in [0.717, 1.165) is 48.3 Å². The molecule has 3 aromatic rings. The molecule has 3 heterocycles. The Morgan fingerprint density at radius 2 is 1.57 bits per heavy atom. The van der Waals surface area contributed by atoms with E-state index in [1.165, 1.54) is 0 Å². The van der Waals surface area contributed by atoms with Crippen LogP contribution in [0.1, 0.15) is 50.5 Å². The van der Waals surface area contributed by atoms with Crippen LogP contribution in [-0.2, 0) is 11.3 Å². The maximum atomic E-state index is 13.2. The van der Waals surface area contributed by atoms with Gasteiger partial charge in [-0.05, 0) is 42.7 Å². The molecule has 2 saturated heterocycles. The van der Waals surface area contributed by atoms with E-state index in [0.29, 0.717) is 32.4 Å². The first kappa shape index (κ1) is 25.3. The first-order valence-corrected chi connectivity index (χ1v) is 13.5. The van der Waals surface area contributed by atoms with Gasteiger partial charge in [0.15, 0.2) is 0 Å². The predicted molar refractivity (Wildman–Crippen MR) is 148 cm³/mol. The van der Waals surface area contributed by atoms with E-state index in [2.05, 4.69) is 24.0 Å². The van der Waals surface area contributed by atoms with E-state index in [1.54, 1.807) is 10.6 Å². The highest BCUT2D eigenvalue weighted by atomic mass is 16.3. The summed E-state index contributed by atoms with van der Waals surface area (Å²) in [5, 5.41) is 11.4. The van der Waals surface area contributed by atoms with Crippen molar-refractivity contribution in [3.63, 3.8) is 0 Å². The van der Waals surface area contributed by atoms with Crippen molar-refractivity contribution in [2.75, 3.05) is 31.1 Å². The smallest absolute Gasteiger partial charge is 0.251 e. The summed E-state index contributed by atoms with van der Waals surface area (Å²) in [6.45, 7) is 5.28. The number of carbonyl (C=O) groups excluding carboxylic acids is 1. The number of hydrogen-bond acceptors (Lipinski definition) is 4. The number of piperidine rings is 1. The van der Waals surface area contributed by atoms with Crippen molar-refractivity contribution in [3.05, 3.63) is 88.8 Å². The molecule has 1 aromatic heterocycles. The highest BCUT2D eigenvalue weighted by Gasteiger charge is 2.35. The number of likely N-dealkylation sites (tertiary alicyclic amines) is 1. The van der Waals surface area contributed by atoms with Gasteiger partial charge in [0.1, 0.15) is 0 Å². The van der Waals surface area contributed by atoms with Crippen molar-refractivity contribution in [3.8, 4) is 11.1 Å². The average Bonchev–Trinajstić information content (AvgIpc) is 3.46. The van der Waals surface area contributed by atoms with Crippen LogP contribution in [0.4, 0.5) is 5.69 Å². The molecule has 2 aromatic carbocycles. The highest BCUT2D eigenvalue weighted by Crippen LogP contribution is 2.33. The molecule has 2 aliphatic heterocycles. The lowest BCUT2D eigenvalue weighted by atomic mass is 9.90. The molecule has 1 amide bonds. The molecule has 0 aliphatic carbocycles. The first-order valence-electron chi connectivity index (χ1n) is 13.5. The minimum absolute atomic E-state index is 0.106. The third kappa shape index (κ3) is 5.80. The summed E-state index contributed by atoms with van der Waals surface area (Å²) in [5.74, 6) is 0.277. The molecule has 0 bridgehead atoms. The molecule has 2 aliphatic rings. The topological polar surface area (TPSA) is 65.8 Å². The number of aliphatic hydroxyl groups is 1. The lowest BCUT2D eigenvalue weighted by Gasteiger charge is -2.39. The predicted octanol–water partition coefficient (Wildman–Crippen LogP) is 4.66. The quantitative estimate of drug-likeness (QED) is 0.513. The summed E-state index contributed by atoms with van der Waals surface area (Å²) in [7, 11) is 0. The molecule has 0 spiro atoms. The van der Waals surface area contributed by atoms with E-state index >= 15 is 0 Å². The van der Waals surface area contributed by atoms with Crippen molar-refractivity contribution in [2.45, 2.75) is 57.1 Å². The summed E-state index contributed by atoms with van der Waals surface area (Å²) < 4.78 is 1.68. The summed E-state index contributed by atoms with van der Waals surface area (Å²) in [6, 6.07) is 21.9. The Bertz CT molecular complexity index is 1260. The van der Waals surface area contributed by atoms with Crippen molar-refractivity contribution in [1.82, 2.24) is 9.47 Å². The van der Waals surface area contributed by atoms with Crippen molar-refractivity contribution in [2.24, 2.45) is 0 Å². The summed E-state index contributed by atoms with van der Waals surface area (Å²) in [6.07, 6.45) is 5.61. The van der Waals surface area contributed by atoms with Gasteiger partial charge in [0.05, 0.1) is 17.8 Å². The molecule has 1 atom stereocenters. The molecule has 2 fully saturated rings. The lowest BCUT2D eigenvalue weighted by molar-refractivity contribution is -0.136. The summed E-state index contributed by atoms with van der Waals surface area (Å²) >= 11 is 0. The molecule has 0 saturated carbocycles.